The number of hydrogen-bond donors (Lipinski definition) is 1. The molecule has 1 N–H and O–H groups in total. The second kappa shape index (κ2) is 7.45. The predicted octanol–water partition coefficient (Wildman–Crippen LogP) is 2.29. The van der Waals surface area contributed by atoms with Gasteiger partial charge >= 0.3 is 0 Å². The molecule has 0 saturated carbocycles. The van der Waals surface area contributed by atoms with Crippen molar-refractivity contribution in [3.8, 4) is 0 Å². The monoisotopic (exact) mass is 314 g/mol. The Bertz CT molecular complexity index is 465. The third-order valence-corrected chi connectivity index (χ3v) is 5.22. The summed E-state index contributed by atoms with van der Waals surface area (Å²) >= 11 is 0. The average molecular weight is 314 g/mol. The lowest BCUT2D eigenvalue weighted by Gasteiger charge is -2.37. The van der Waals surface area contributed by atoms with E-state index in [0.29, 0.717) is 4.90 Å². The van der Waals surface area contributed by atoms with Crippen LogP contribution in [0.4, 0.5) is 4.39 Å². The molecule has 0 bridgehead atoms. The summed E-state index contributed by atoms with van der Waals surface area (Å²) in [4.78, 5) is 0.651. The van der Waals surface area contributed by atoms with E-state index in [1.165, 1.54) is 12.1 Å². The van der Waals surface area contributed by atoms with Crippen LogP contribution in [0.5, 0.6) is 0 Å². The molecule has 21 heavy (non-hydrogen) atoms. The molecule has 2 heterocycles. The first-order chi connectivity index (χ1) is 10.2. The Morgan fingerprint density at radius 1 is 1.24 bits per heavy atom. The molecule has 0 radical (unpaired) electrons. The number of hydrogen-bond acceptors (Lipinski definition) is 3. The lowest BCUT2D eigenvalue weighted by Crippen LogP contribution is -2.51. The van der Waals surface area contributed by atoms with E-state index >= 15 is 0 Å². The van der Waals surface area contributed by atoms with Crippen molar-refractivity contribution in [2.24, 2.45) is 0 Å². The number of piperidine rings is 1. The quantitative estimate of drug-likeness (QED) is 0.910. The van der Waals surface area contributed by atoms with Crippen molar-refractivity contribution in [1.29, 1.82) is 0 Å². The van der Waals surface area contributed by atoms with Crippen LogP contribution < -0.4 is 5.32 Å². The minimum absolute atomic E-state index is 0.205. The molecule has 4 nitrogen and oxygen atoms in total. The third-order valence-electron chi connectivity index (χ3n) is 3.71. The Balaban J connectivity index is 0.000000774. The van der Waals surface area contributed by atoms with Crippen LogP contribution in [-0.4, -0.2) is 40.5 Å². The van der Waals surface area contributed by atoms with E-state index in [1.807, 2.05) is 18.2 Å². The first-order valence-corrected chi connectivity index (χ1v) is 8.61. The lowest BCUT2D eigenvalue weighted by atomic mass is 10.0. The van der Waals surface area contributed by atoms with Gasteiger partial charge in [-0.3, -0.25) is 5.32 Å². The highest BCUT2D eigenvalue weighted by molar-refractivity contribution is 7.82. The van der Waals surface area contributed by atoms with Crippen molar-refractivity contribution in [3.05, 3.63) is 30.1 Å². The zero-order chi connectivity index (χ0) is 15.3. The highest BCUT2D eigenvalue weighted by atomic mass is 32.2. The Labute approximate surface area is 128 Å². The van der Waals surface area contributed by atoms with Gasteiger partial charge in [0.25, 0.3) is 0 Å². The molecular formula is C15H23FN2O2S. The molecular weight excluding hydrogens is 291 g/mol. The largest absolute Gasteiger partial charge is 0.359 e. The van der Waals surface area contributed by atoms with Gasteiger partial charge in [0.2, 0.25) is 0 Å². The fourth-order valence-electron chi connectivity index (χ4n) is 2.61. The summed E-state index contributed by atoms with van der Waals surface area (Å²) in [5, 5.41) is 3.38. The van der Waals surface area contributed by atoms with Crippen molar-refractivity contribution < 1.29 is 13.3 Å². The molecule has 1 aromatic rings. The maximum absolute atomic E-state index is 12.9. The van der Waals surface area contributed by atoms with Crippen LogP contribution in [0.1, 0.15) is 26.7 Å². The fourth-order valence-corrected chi connectivity index (χ4v) is 3.79. The fraction of sp³-hybridized carbons (Fsp3) is 0.600. The van der Waals surface area contributed by atoms with Crippen molar-refractivity contribution in [1.82, 2.24) is 9.62 Å². The molecule has 1 spiro atoms. The zero-order valence-electron chi connectivity index (χ0n) is 12.6. The van der Waals surface area contributed by atoms with Crippen LogP contribution in [0, 0.1) is 5.82 Å². The number of nitrogens with zero attached hydrogens (tertiary/aromatic N) is 1. The van der Waals surface area contributed by atoms with Gasteiger partial charge in [0.1, 0.15) is 22.5 Å². The number of rotatable bonds is 2. The first kappa shape index (κ1) is 16.5. The molecule has 3 rings (SSSR count). The molecule has 0 amide bonds. The van der Waals surface area contributed by atoms with Gasteiger partial charge in [-0.25, -0.2) is 12.9 Å². The minimum Gasteiger partial charge on any atom is -0.359 e. The topological polar surface area (TPSA) is 41.6 Å². The molecule has 0 aliphatic carbocycles. The van der Waals surface area contributed by atoms with Gasteiger partial charge in [0.05, 0.1) is 11.5 Å². The van der Waals surface area contributed by atoms with E-state index in [0.717, 1.165) is 39.1 Å². The normalized spacial score (nSPS) is 22.6. The summed E-state index contributed by atoms with van der Waals surface area (Å²) in [7, 11) is -1.21. The van der Waals surface area contributed by atoms with Gasteiger partial charge in [0, 0.05) is 32.5 Å². The number of ether oxygens (including phenoxy) is 1. The van der Waals surface area contributed by atoms with E-state index in [2.05, 4.69) is 5.32 Å². The molecule has 1 atom stereocenters. The Morgan fingerprint density at radius 3 is 2.38 bits per heavy atom. The maximum atomic E-state index is 12.9. The molecule has 1 aromatic carbocycles. The SMILES string of the molecule is CC.O=S(c1ccc(F)cc1)N1CCC2(CC1)NCCO2. The summed E-state index contributed by atoms with van der Waals surface area (Å²) in [5.41, 5.74) is -0.205. The van der Waals surface area contributed by atoms with E-state index in [1.54, 1.807) is 12.1 Å². The summed E-state index contributed by atoms with van der Waals surface area (Å²) in [5.74, 6) is -0.304. The molecule has 2 saturated heterocycles. The van der Waals surface area contributed by atoms with Gasteiger partial charge in [0.15, 0.2) is 0 Å². The molecule has 118 valence electrons. The van der Waals surface area contributed by atoms with Gasteiger partial charge in [-0.15, -0.1) is 0 Å². The summed E-state index contributed by atoms with van der Waals surface area (Å²) < 4.78 is 32.9. The van der Waals surface area contributed by atoms with Crippen LogP contribution in [0.2, 0.25) is 0 Å². The summed E-state index contributed by atoms with van der Waals surface area (Å²) in [6.07, 6.45) is 1.67. The van der Waals surface area contributed by atoms with E-state index < -0.39 is 11.0 Å². The second-order valence-corrected chi connectivity index (χ2v) is 6.39. The van der Waals surface area contributed by atoms with Crippen molar-refractivity contribution in [2.45, 2.75) is 37.3 Å². The second-order valence-electron chi connectivity index (χ2n) is 4.90. The zero-order valence-corrected chi connectivity index (χ0v) is 13.4. The van der Waals surface area contributed by atoms with E-state index in [4.69, 9.17) is 4.74 Å². The Hall–Kier alpha value is -0.820. The highest BCUT2D eigenvalue weighted by Gasteiger charge is 2.39. The van der Waals surface area contributed by atoms with E-state index in [-0.39, 0.29) is 11.5 Å². The molecule has 1 unspecified atom stereocenters. The third kappa shape index (κ3) is 3.88. The summed E-state index contributed by atoms with van der Waals surface area (Å²) in [6.45, 7) is 7.08. The van der Waals surface area contributed by atoms with Crippen molar-refractivity contribution in [2.75, 3.05) is 26.2 Å². The summed E-state index contributed by atoms with van der Waals surface area (Å²) in [6, 6.07) is 5.86. The average Bonchev–Trinajstić information content (AvgIpc) is 2.98. The van der Waals surface area contributed by atoms with Gasteiger partial charge in [-0.2, -0.15) is 0 Å². The Morgan fingerprint density at radius 2 is 1.86 bits per heavy atom. The molecule has 6 heteroatoms. The highest BCUT2D eigenvalue weighted by Crippen LogP contribution is 2.28. The molecule has 2 aliphatic heterocycles. The maximum Gasteiger partial charge on any atom is 0.127 e. The van der Waals surface area contributed by atoms with Crippen molar-refractivity contribution in [3.63, 3.8) is 0 Å². The number of benzene rings is 1. The van der Waals surface area contributed by atoms with Crippen LogP contribution in [0.25, 0.3) is 0 Å². The number of nitrogens with one attached hydrogen (secondary N) is 1. The van der Waals surface area contributed by atoms with Crippen LogP contribution >= 0.6 is 0 Å². The van der Waals surface area contributed by atoms with Crippen LogP contribution in [0.15, 0.2) is 29.2 Å². The lowest BCUT2D eigenvalue weighted by molar-refractivity contribution is -0.0440. The standard InChI is InChI=1S/C13H17FN2O2S.C2H6/c14-11-1-3-12(4-2-11)19(17)16-8-5-13(6-9-16)15-7-10-18-13;1-2/h1-4,15H,5-10H2;1-2H3. The van der Waals surface area contributed by atoms with Gasteiger partial charge in [-0.05, 0) is 24.3 Å². The molecule has 2 aliphatic rings. The van der Waals surface area contributed by atoms with Crippen LogP contribution in [-0.2, 0) is 15.7 Å². The van der Waals surface area contributed by atoms with Crippen LogP contribution in [0.3, 0.4) is 0 Å². The van der Waals surface area contributed by atoms with E-state index in [9.17, 15) is 8.60 Å². The van der Waals surface area contributed by atoms with Gasteiger partial charge < -0.3 is 4.74 Å². The molecule has 2 fully saturated rings. The molecule has 0 aromatic heterocycles. The number of halogens is 1. The smallest absolute Gasteiger partial charge is 0.127 e. The van der Waals surface area contributed by atoms with Crippen molar-refractivity contribution >= 4 is 11.0 Å². The predicted molar refractivity (Wildman–Crippen MR) is 81.6 cm³/mol. The Kier molecular flexibility index (Phi) is 5.87. The first-order valence-electron chi connectivity index (χ1n) is 7.50. The minimum atomic E-state index is -1.21. The van der Waals surface area contributed by atoms with Gasteiger partial charge in [-0.1, -0.05) is 13.8 Å².